The lowest BCUT2D eigenvalue weighted by Crippen LogP contribution is -2.19. The molecule has 22 heavy (non-hydrogen) atoms. The van der Waals surface area contributed by atoms with Crippen molar-refractivity contribution in [2.45, 2.75) is 20.3 Å². The lowest BCUT2D eigenvalue weighted by molar-refractivity contribution is 0.403. The molecule has 0 fully saturated rings. The SMILES string of the molecule is C=C/C=C(/C#C/C=C/C1=C(/C=C\C)C(=C)N(CCC)C1)C=C. The fraction of sp³-hybridized carbons (Fsp3) is 0.238. The van der Waals surface area contributed by atoms with Crippen LogP contribution in [0.25, 0.3) is 0 Å². The molecule has 0 N–H and O–H groups in total. The molecule has 1 aliphatic rings. The molecule has 0 aromatic carbocycles. The highest BCUT2D eigenvalue weighted by atomic mass is 15.1. The van der Waals surface area contributed by atoms with Crippen LogP contribution in [-0.4, -0.2) is 18.0 Å². The molecule has 0 saturated heterocycles. The molecule has 0 atom stereocenters. The summed E-state index contributed by atoms with van der Waals surface area (Å²) in [6.45, 7) is 17.8. The predicted octanol–water partition coefficient (Wildman–Crippen LogP) is 4.96. The van der Waals surface area contributed by atoms with Gasteiger partial charge in [-0.25, -0.2) is 0 Å². The Labute approximate surface area is 135 Å². The van der Waals surface area contributed by atoms with Gasteiger partial charge in [-0.15, -0.1) is 0 Å². The number of allylic oxidation sites excluding steroid dienone is 7. The summed E-state index contributed by atoms with van der Waals surface area (Å²) in [5, 5.41) is 0. The van der Waals surface area contributed by atoms with E-state index in [-0.39, 0.29) is 0 Å². The van der Waals surface area contributed by atoms with E-state index < -0.39 is 0 Å². The molecule has 0 amide bonds. The van der Waals surface area contributed by atoms with Crippen molar-refractivity contribution in [1.82, 2.24) is 4.90 Å². The fourth-order valence-electron chi connectivity index (χ4n) is 2.29. The Morgan fingerprint density at radius 1 is 1.32 bits per heavy atom. The molecule has 0 aliphatic carbocycles. The molecule has 0 aromatic heterocycles. The van der Waals surface area contributed by atoms with Crippen LogP contribution in [0.3, 0.4) is 0 Å². The highest BCUT2D eigenvalue weighted by Gasteiger charge is 2.20. The van der Waals surface area contributed by atoms with Crippen molar-refractivity contribution in [3.8, 4) is 11.8 Å². The van der Waals surface area contributed by atoms with Gasteiger partial charge in [0, 0.05) is 29.9 Å². The van der Waals surface area contributed by atoms with Crippen LogP contribution in [0, 0.1) is 11.8 Å². The van der Waals surface area contributed by atoms with E-state index in [0.29, 0.717) is 0 Å². The molecule has 1 heteroatoms. The van der Waals surface area contributed by atoms with Gasteiger partial charge in [-0.1, -0.05) is 62.8 Å². The predicted molar refractivity (Wildman–Crippen MR) is 98.2 cm³/mol. The maximum atomic E-state index is 4.21. The molecule has 0 unspecified atom stereocenters. The van der Waals surface area contributed by atoms with Crippen LogP contribution in [0.5, 0.6) is 0 Å². The summed E-state index contributed by atoms with van der Waals surface area (Å²) >= 11 is 0. The van der Waals surface area contributed by atoms with Crippen LogP contribution < -0.4 is 0 Å². The highest BCUT2D eigenvalue weighted by Crippen LogP contribution is 2.28. The zero-order valence-corrected chi connectivity index (χ0v) is 13.7. The van der Waals surface area contributed by atoms with Crippen LogP contribution in [0.1, 0.15) is 20.3 Å². The molecule has 114 valence electrons. The van der Waals surface area contributed by atoms with Gasteiger partial charge in [0.15, 0.2) is 0 Å². The van der Waals surface area contributed by atoms with Gasteiger partial charge in [0.2, 0.25) is 0 Å². The van der Waals surface area contributed by atoms with Crippen molar-refractivity contribution in [3.05, 3.63) is 84.7 Å². The second-order valence-electron chi connectivity index (χ2n) is 4.97. The number of nitrogens with zero attached hydrogens (tertiary/aromatic N) is 1. The van der Waals surface area contributed by atoms with E-state index in [1.165, 1.54) is 11.1 Å². The largest absolute Gasteiger partial charge is 0.367 e. The summed E-state index contributed by atoms with van der Waals surface area (Å²) in [4.78, 5) is 2.31. The van der Waals surface area contributed by atoms with Crippen LogP contribution in [0.2, 0.25) is 0 Å². The summed E-state index contributed by atoms with van der Waals surface area (Å²) in [6.07, 6.45) is 14.6. The molecule has 0 aromatic rings. The van der Waals surface area contributed by atoms with E-state index in [1.54, 1.807) is 12.2 Å². The summed E-state index contributed by atoms with van der Waals surface area (Å²) in [7, 11) is 0. The van der Waals surface area contributed by atoms with Gasteiger partial charge in [-0.05, 0) is 37.1 Å². The Balaban J connectivity index is 2.93. The molecule has 0 bridgehead atoms. The minimum Gasteiger partial charge on any atom is -0.367 e. The van der Waals surface area contributed by atoms with Crippen LogP contribution >= 0.6 is 0 Å². The molecule has 0 spiro atoms. The minimum absolute atomic E-state index is 0.866. The maximum Gasteiger partial charge on any atom is 0.0436 e. The normalized spacial score (nSPS) is 15.6. The van der Waals surface area contributed by atoms with E-state index in [1.807, 2.05) is 19.1 Å². The summed E-state index contributed by atoms with van der Waals surface area (Å²) < 4.78 is 0. The minimum atomic E-state index is 0.866. The zero-order valence-electron chi connectivity index (χ0n) is 13.7. The van der Waals surface area contributed by atoms with Gasteiger partial charge in [-0.3, -0.25) is 0 Å². The Bertz CT molecular complexity index is 612. The highest BCUT2D eigenvalue weighted by molar-refractivity contribution is 5.52. The zero-order chi connectivity index (χ0) is 16.4. The maximum absolute atomic E-state index is 4.21. The fourth-order valence-corrected chi connectivity index (χ4v) is 2.29. The Kier molecular flexibility index (Phi) is 7.57. The van der Waals surface area contributed by atoms with Gasteiger partial charge in [0.25, 0.3) is 0 Å². The van der Waals surface area contributed by atoms with Gasteiger partial charge < -0.3 is 4.90 Å². The summed E-state index contributed by atoms with van der Waals surface area (Å²) in [5.74, 6) is 6.10. The lowest BCUT2D eigenvalue weighted by atomic mass is 10.1. The molecular weight excluding hydrogens is 266 g/mol. The second-order valence-corrected chi connectivity index (χ2v) is 4.97. The average Bonchev–Trinajstić information content (AvgIpc) is 2.80. The smallest absolute Gasteiger partial charge is 0.0436 e. The van der Waals surface area contributed by atoms with Gasteiger partial charge in [0.05, 0.1) is 0 Å². The van der Waals surface area contributed by atoms with E-state index in [4.69, 9.17) is 0 Å². The molecular formula is C21H25N. The van der Waals surface area contributed by atoms with E-state index in [9.17, 15) is 0 Å². The first-order chi connectivity index (χ1) is 10.7. The van der Waals surface area contributed by atoms with Gasteiger partial charge in [-0.2, -0.15) is 0 Å². The van der Waals surface area contributed by atoms with E-state index >= 15 is 0 Å². The number of hydrogen-bond donors (Lipinski definition) is 0. The molecule has 0 saturated carbocycles. The second kappa shape index (κ2) is 9.47. The Hall–Kier alpha value is -2.46. The summed E-state index contributed by atoms with van der Waals surface area (Å²) in [6, 6.07) is 0. The first-order valence-electron chi connectivity index (χ1n) is 7.61. The standard InChI is InChI=1S/C21H25N/c1-6-12-19(9-4)14-10-11-15-20-17-22(16-8-3)18(5)21(20)13-7-2/h6-7,9,11-13,15H,1,4-5,8,16-17H2,2-3H3/b13-7-,15-11+,19-12+. The molecule has 1 nitrogen and oxygen atoms in total. The lowest BCUT2D eigenvalue weighted by Gasteiger charge is -2.19. The Morgan fingerprint density at radius 2 is 2.09 bits per heavy atom. The topological polar surface area (TPSA) is 3.24 Å². The molecule has 1 rings (SSSR count). The monoisotopic (exact) mass is 291 g/mol. The quantitative estimate of drug-likeness (QED) is 0.494. The van der Waals surface area contributed by atoms with E-state index in [0.717, 1.165) is 30.8 Å². The molecule has 1 aliphatic heterocycles. The third-order valence-electron chi connectivity index (χ3n) is 3.33. The average molecular weight is 291 g/mol. The number of hydrogen-bond acceptors (Lipinski definition) is 1. The molecule has 0 radical (unpaired) electrons. The van der Waals surface area contributed by atoms with Crippen molar-refractivity contribution >= 4 is 0 Å². The summed E-state index contributed by atoms with van der Waals surface area (Å²) in [5.41, 5.74) is 4.44. The number of rotatable bonds is 6. The molecule has 1 heterocycles. The van der Waals surface area contributed by atoms with Crippen LogP contribution in [0.15, 0.2) is 84.7 Å². The van der Waals surface area contributed by atoms with Crippen LogP contribution in [-0.2, 0) is 0 Å². The van der Waals surface area contributed by atoms with Crippen LogP contribution in [0.4, 0.5) is 0 Å². The first-order valence-corrected chi connectivity index (χ1v) is 7.61. The van der Waals surface area contributed by atoms with Crippen molar-refractivity contribution in [3.63, 3.8) is 0 Å². The third kappa shape index (κ3) is 4.82. The first kappa shape index (κ1) is 17.6. The van der Waals surface area contributed by atoms with Crippen molar-refractivity contribution < 1.29 is 0 Å². The van der Waals surface area contributed by atoms with E-state index in [2.05, 4.69) is 61.6 Å². The van der Waals surface area contributed by atoms with Gasteiger partial charge in [0.1, 0.15) is 0 Å². The third-order valence-corrected chi connectivity index (χ3v) is 3.33. The van der Waals surface area contributed by atoms with Crippen molar-refractivity contribution in [2.75, 3.05) is 13.1 Å². The van der Waals surface area contributed by atoms with Crippen molar-refractivity contribution in [2.24, 2.45) is 0 Å². The van der Waals surface area contributed by atoms with Crippen molar-refractivity contribution in [1.29, 1.82) is 0 Å². The van der Waals surface area contributed by atoms with Gasteiger partial charge >= 0.3 is 0 Å². The Morgan fingerprint density at radius 3 is 2.68 bits per heavy atom.